The van der Waals surface area contributed by atoms with Crippen molar-refractivity contribution in [1.29, 1.82) is 0 Å². The lowest BCUT2D eigenvalue weighted by Gasteiger charge is -2.57. The molecular weight excluding hydrogens is 226 g/mol. The van der Waals surface area contributed by atoms with Crippen LogP contribution in [0.3, 0.4) is 0 Å². The highest BCUT2D eigenvalue weighted by Crippen LogP contribution is 2.48. The molecule has 4 unspecified atom stereocenters. The van der Waals surface area contributed by atoms with Gasteiger partial charge in [0.15, 0.2) is 0 Å². The maximum absolute atomic E-state index is 11.5. The summed E-state index contributed by atoms with van der Waals surface area (Å²) in [7, 11) is 0. The molecule has 1 fully saturated rings. The fourth-order valence-electron chi connectivity index (χ4n) is 3.53. The van der Waals surface area contributed by atoms with Gasteiger partial charge >= 0.3 is 0 Å². The number of hydrogen-bond donors (Lipinski definition) is 1. The van der Waals surface area contributed by atoms with Crippen molar-refractivity contribution in [3.8, 4) is 0 Å². The minimum atomic E-state index is -0.233. The maximum atomic E-state index is 11.5. The van der Waals surface area contributed by atoms with E-state index >= 15 is 0 Å². The Balaban J connectivity index is 3.09. The third kappa shape index (κ3) is 2.48. The molecule has 3 nitrogen and oxygen atoms in total. The van der Waals surface area contributed by atoms with E-state index in [4.69, 9.17) is 0 Å². The fourth-order valence-corrected chi connectivity index (χ4v) is 3.53. The van der Waals surface area contributed by atoms with Gasteiger partial charge < -0.3 is 10.0 Å². The summed E-state index contributed by atoms with van der Waals surface area (Å²) < 4.78 is 0. The second-order valence-electron chi connectivity index (χ2n) is 6.53. The first-order valence-electron chi connectivity index (χ1n) is 7.20. The number of nitrogens with zero attached hydrogens (tertiary/aromatic N) is 1. The van der Waals surface area contributed by atoms with Crippen LogP contribution in [0.2, 0.25) is 0 Å². The van der Waals surface area contributed by atoms with Crippen LogP contribution in [0.4, 0.5) is 0 Å². The summed E-state index contributed by atoms with van der Waals surface area (Å²) in [5, 5.41) is 12.2. The molecule has 18 heavy (non-hydrogen) atoms. The summed E-state index contributed by atoms with van der Waals surface area (Å²) in [6, 6.07) is 0. The van der Waals surface area contributed by atoms with Gasteiger partial charge in [-0.15, -0.1) is 0 Å². The summed E-state index contributed by atoms with van der Waals surface area (Å²) in [6.45, 7) is 12.3. The molecule has 0 aromatic rings. The predicted octanol–water partition coefficient (Wildman–Crippen LogP) is 3.65. The van der Waals surface area contributed by atoms with E-state index in [0.717, 1.165) is 19.3 Å². The summed E-state index contributed by atoms with van der Waals surface area (Å²) >= 11 is 0. The lowest BCUT2D eigenvalue weighted by molar-refractivity contribution is -0.280. The van der Waals surface area contributed by atoms with Crippen molar-refractivity contribution in [2.45, 2.75) is 78.3 Å². The van der Waals surface area contributed by atoms with E-state index in [1.165, 1.54) is 0 Å². The van der Waals surface area contributed by atoms with Gasteiger partial charge in [-0.25, -0.2) is 0 Å². The monoisotopic (exact) mass is 255 g/mol. The molecule has 1 heterocycles. The number of hydroxylamine groups is 2. The number of carbonyl (C=O) groups excluding carboxylic acids is 1. The van der Waals surface area contributed by atoms with Crippen LogP contribution in [0.1, 0.15) is 67.2 Å². The van der Waals surface area contributed by atoms with Crippen LogP contribution in [0.25, 0.3) is 0 Å². The van der Waals surface area contributed by atoms with E-state index < -0.39 is 0 Å². The minimum absolute atomic E-state index is 0.211. The number of ketones is 1. The van der Waals surface area contributed by atoms with Crippen LogP contribution in [0.5, 0.6) is 0 Å². The number of Topliss-reactive ketones (excluding diaryl/α,β-unsaturated/α-hetero) is 1. The maximum Gasteiger partial charge on any atom is 0.130 e. The van der Waals surface area contributed by atoms with Crippen LogP contribution < -0.4 is 0 Å². The molecule has 0 bridgehead atoms. The summed E-state index contributed by atoms with van der Waals surface area (Å²) in [4.78, 5) is 11.5. The molecule has 0 radical (unpaired) electrons. The quantitative estimate of drug-likeness (QED) is 0.833. The van der Waals surface area contributed by atoms with Crippen molar-refractivity contribution in [2.75, 3.05) is 0 Å². The Bertz CT molecular complexity index is 318. The number of piperidine rings is 1. The molecule has 1 saturated heterocycles. The van der Waals surface area contributed by atoms with Gasteiger partial charge in [-0.1, -0.05) is 20.8 Å². The van der Waals surface area contributed by atoms with E-state index in [0.29, 0.717) is 18.3 Å². The smallest absolute Gasteiger partial charge is 0.130 e. The standard InChI is InChI=1S/C15H29NO2/c1-7-14(5)10-13(9-11(3)17)12(4)15(6,8-2)16(14)18/h12-13,18H,7-10H2,1-6H3. The highest BCUT2D eigenvalue weighted by Gasteiger charge is 2.52. The minimum Gasteiger partial charge on any atom is -0.313 e. The molecule has 0 spiro atoms. The van der Waals surface area contributed by atoms with Gasteiger partial charge in [-0.2, -0.15) is 5.06 Å². The topological polar surface area (TPSA) is 40.5 Å². The number of carbonyl (C=O) groups is 1. The summed E-state index contributed by atoms with van der Waals surface area (Å²) in [5.41, 5.74) is -0.444. The molecule has 0 aromatic heterocycles. The zero-order valence-corrected chi connectivity index (χ0v) is 12.8. The third-order valence-electron chi connectivity index (χ3n) is 5.41. The van der Waals surface area contributed by atoms with E-state index in [9.17, 15) is 10.0 Å². The SMILES string of the molecule is CCC1(C)CC(CC(C)=O)C(C)C(C)(CC)N1O. The van der Waals surface area contributed by atoms with E-state index in [1.54, 1.807) is 12.0 Å². The third-order valence-corrected chi connectivity index (χ3v) is 5.41. The average molecular weight is 255 g/mol. The van der Waals surface area contributed by atoms with Gasteiger partial charge in [0.05, 0.1) is 0 Å². The highest BCUT2D eigenvalue weighted by molar-refractivity contribution is 5.75. The Morgan fingerprint density at radius 2 is 1.89 bits per heavy atom. The molecule has 0 saturated carbocycles. The molecule has 0 aromatic carbocycles. The van der Waals surface area contributed by atoms with Gasteiger partial charge in [-0.3, -0.25) is 0 Å². The van der Waals surface area contributed by atoms with Crippen molar-refractivity contribution in [1.82, 2.24) is 5.06 Å². The van der Waals surface area contributed by atoms with E-state index in [-0.39, 0.29) is 16.9 Å². The van der Waals surface area contributed by atoms with Crippen LogP contribution in [0.15, 0.2) is 0 Å². The summed E-state index contributed by atoms with van der Waals surface area (Å²) in [6.07, 6.45) is 3.34. The van der Waals surface area contributed by atoms with Crippen molar-refractivity contribution < 1.29 is 10.0 Å². The van der Waals surface area contributed by atoms with E-state index in [1.807, 2.05) is 0 Å². The lowest BCUT2D eigenvalue weighted by Crippen LogP contribution is -2.65. The van der Waals surface area contributed by atoms with Crippen LogP contribution in [-0.4, -0.2) is 27.1 Å². The van der Waals surface area contributed by atoms with Crippen LogP contribution >= 0.6 is 0 Å². The Kier molecular flexibility index (Phi) is 4.60. The van der Waals surface area contributed by atoms with Gasteiger partial charge in [0.25, 0.3) is 0 Å². The molecular formula is C15H29NO2. The van der Waals surface area contributed by atoms with Gasteiger partial charge in [0.1, 0.15) is 5.78 Å². The van der Waals surface area contributed by atoms with Crippen molar-refractivity contribution >= 4 is 5.78 Å². The Morgan fingerprint density at radius 3 is 2.28 bits per heavy atom. The first-order chi connectivity index (χ1) is 8.21. The molecule has 106 valence electrons. The normalized spacial score (nSPS) is 41.9. The van der Waals surface area contributed by atoms with E-state index in [2.05, 4.69) is 34.6 Å². The number of hydrogen-bond acceptors (Lipinski definition) is 3. The molecule has 3 heteroatoms. The van der Waals surface area contributed by atoms with Gasteiger partial charge in [0, 0.05) is 17.5 Å². The average Bonchev–Trinajstić information content (AvgIpc) is 2.33. The highest BCUT2D eigenvalue weighted by atomic mass is 16.5. The lowest BCUT2D eigenvalue weighted by atomic mass is 9.64. The Labute approximate surface area is 112 Å². The molecule has 1 N–H and O–H groups in total. The Hall–Kier alpha value is -0.410. The molecule has 1 aliphatic heterocycles. The molecule has 1 rings (SSSR count). The fraction of sp³-hybridized carbons (Fsp3) is 0.933. The largest absolute Gasteiger partial charge is 0.313 e. The Morgan fingerprint density at radius 1 is 1.33 bits per heavy atom. The molecule has 0 aliphatic carbocycles. The zero-order valence-electron chi connectivity index (χ0n) is 12.8. The second kappa shape index (κ2) is 5.30. The van der Waals surface area contributed by atoms with Crippen LogP contribution in [-0.2, 0) is 4.79 Å². The van der Waals surface area contributed by atoms with Gasteiger partial charge in [-0.05, 0) is 51.9 Å². The van der Waals surface area contributed by atoms with Crippen molar-refractivity contribution in [2.24, 2.45) is 11.8 Å². The first kappa shape index (κ1) is 15.6. The van der Waals surface area contributed by atoms with Crippen molar-refractivity contribution in [3.63, 3.8) is 0 Å². The molecule has 4 atom stereocenters. The second-order valence-corrected chi connectivity index (χ2v) is 6.53. The molecule has 1 aliphatic rings. The zero-order chi connectivity index (χ0) is 14.1. The molecule has 0 amide bonds. The first-order valence-corrected chi connectivity index (χ1v) is 7.20. The summed E-state index contributed by atoms with van der Waals surface area (Å²) in [5.74, 6) is 0.965. The number of rotatable bonds is 4. The predicted molar refractivity (Wildman–Crippen MR) is 73.6 cm³/mol. The van der Waals surface area contributed by atoms with Gasteiger partial charge in [0.2, 0.25) is 0 Å². The van der Waals surface area contributed by atoms with Crippen LogP contribution in [0, 0.1) is 11.8 Å². The van der Waals surface area contributed by atoms with Crippen molar-refractivity contribution in [3.05, 3.63) is 0 Å².